The summed E-state index contributed by atoms with van der Waals surface area (Å²) in [4.78, 5) is 0. The van der Waals surface area contributed by atoms with Crippen LogP contribution in [0, 0.1) is 29.1 Å². The number of hydrogen-bond donors (Lipinski definition) is 0. The molecule has 0 atom stereocenters. The van der Waals surface area contributed by atoms with Gasteiger partial charge in [-0.2, -0.15) is 9.65 Å². The lowest BCUT2D eigenvalue weighted by Gasteiger charge is -2.37. The van der Waals surface area contributed by atoms with Gasteiger partial charge < -0.3 is 0 Å². The van der Waals surface area contributed by atoms with E-state index >= 15 is 0 Å². The van der Waals surface area contributed by atoms with Crippen molar-refractivity contribution in [2.75, 3.05) is 0 Å². The number of allylic oxidation sites excluding steroid dienone is 4. The van der Waals surface area contributed by atoms with Crippen molar-refractivity contribution in [3.8, 4) is 6.07 Å². The Kier molecular flexibility index (Phi) is 7.27. The summed E-state index contributed by atoms with van der Waals surface area (Å²) in [5.74, 6) is 2.38. The second-order valence-electron chi connectivity index (χ2n) is 8.39. The first-order valence-corrected chi connectivity index (χ1v) is 10.7. The summed E-state index contributed by atoms with van der Waals surface area (Å²) in [6.07, 6.45) is 16.7. The number of aryl methyl sites for hydroxylation is 1. The van der Waals surface area contributed by atoms with Crippen LogP contribution < -0.4 is 0 Å². The van der Waals surface area contributed by atoms with Gasteiger partial charge >= 0.3 is 0 Å². The molecule has 0 spiro atoms. The summed E-state index contributed by atoms with van der Waals surface area (Å²) in [5.41, 5.74) is 2.97. The van der Waals surface area contributed by atoms with Crippen molar-refractivity contribution < 1.29 is 4.39 Å². The number of halogens is 1. The first kappa shape index (κ1) is 19.9. The van der Waals surface area contributed by atoms with E-state index < -0.39 is 5.83 Å². The minimum atomic E-state index is -0.707. The Labute approximate surface area is 164 Å². The summed E-state index contributed by atoms with van der Waals surface area (Å²) in [6, 6.07) is 10.8. The summed E-state index contributed by atoms with van der Waals surface area (Å²) in [5, 5.41) is 8.44. The molecule has 2 fully saturated rings. The van der Waals surface area contributed by atoms with Crippen LogP contribution in [0.3, 0.4) is 0 Å². The van der Waals surface area contributed by atoms with Crippen molar-refractivity contribution in [2.45, 2.75) is 70.6 Å². The molecule has 27 heavy (non-hydrogen) atoms. The summed E-state index contributed by atoms with van der Waals surface area (Å²) < 4.78 is 12.8. The lowest BCUT2D eigenvalue weighted by molar-refractivity contribution is 0.171. The molecule has 0 amide bonds. The molecule has 2 aliphatic carbocycles. The monoisotopic (exact) mass is 365 g/mol. The minimum Gasteiger partial charge on any atom is -0.195 e. The first-order chi connectivity index (χ1) is 13.2. The van der Waals surface area contributed by atoms with E-state index in [0.29, 0.717) is 5.92 Å². The van der Waals surface area contributed by atoms with E-state index in [4.69, 9.17) is 5.26 Å². The van der Waals surface area contributed by atoms with E-state index in [2.05, 4.69) is 37.3 Å². The Morgan fingerprint density at radius 3 is 2.15 bits per heavy atom. The van der Waals surface area contributed by atoms with E-state index in [1.54, 1.807) is 6.08 Å². The molecule has 0 saturated heterocycles. The number of rotatable bonds is 5. The van der Waals surface area contributed by atoms with Gasteiger partial charge in [0.25, 0.3) is 0 Å². The van der Waals surface area contributed by atoms with Gasteiger partial charge in [-0.25, -0.2) is 0 Å². The fourth-order valence-electron chi connectivity index (χ4n) is 5.09. The highest BCUT2D eigenvalue weighted by Gasteiger charge is 2.30. The third-order valence-corrected chi connectivity index (χ3v) is 6.85. The average molecular weight is 366 g/mol. The Hall–Kier alpha value is -1.88. The summed E-state index contributed by atoms with van der Waals surface area (Å²) in [6.45, 7) is 2.21. The predicted molar refractivity (Wildman–Crippen MR) is 110 cm³/mol. The van der Waals surface area contributed by atoms with Crippen molar-refractivity contribution in [3.63, 3.8) is 0 Å². The number of hydrogen-bond acceptors (Lipinski definition) is 1. The maximum absolute atomic E-state index is 12.8. The topological polar surface area (TPSA) is 23.8 Å². The second-order valence-corrected chi connectivity index (χ2v) is 8.39. The SMILES string of the molecule is CCc1ccc([C@H]2CC[C@H](C3CCC(/C=C/C=C(\F)C#N)CC3)CC2)cc1. The van der Waals surface area contributed by atoms with Crippen molar-refractivity contribution in [1.82, 2.24) is 0 Å². The van der Waals surface area contributed by atoms with Gasteiger partial charge in [-0.1, -0.05) is 43.3 Å². The summed E-state index contributed by atoms with van der Waals surface area (Å²) in [7, 11) is 0. The Balaban J connectivity index is 1.43. The van der Waals surface area contributed by atoms with Crippen LogP contribution in [0.25, 0.3) is 0 Å². The predicted octanol–water partition coefficient (Wildman–Crippen LogP) is 7.26. The fraction of sp³-hybridized carbons (Fsp3) is 0.560. The highest BCUT2D eigenvalue weighted by molar-refractivity contribution is 5.25. The van der Waals surface area contributed by atoms with E-state index in [1.165, 1.54) is 74.6 Å². The molecule has 3 rings (SSSR count). The Morgan fingerprint density at radius 1 is 1.00 bits per heavy atom. The van der Waals surface area contributed by atoms with E-state index in [0.717, 1.165) is 24.2 Å². The van der Waals surface area contributed by atoms with Gasteiger partial charge in [0.1, 0.15) is 6.07 Å². The van der Waals surface area contributed by atoms with E-state index in [9.17, 15) is 4.39 Å². The molecule has 0 aliphatic heterocycles. The normalized spacial score (nSPS) is 29.6. The zero-order chi connectivity index (χ0) is 19.1. The maximum atomic E-state index is 12.8. The van der Waals surface area contributed by atoms with Crippen LogP contribution in [0.2, 0.25) is 0 Å². The molecule has 0 bridgehead atoms. The molecular formula is C25H32FN. The van der Waals surface area contributed by atoms with Gasteiger partial charge in [-0.3, -0.25) is 0 Å². The van der Waals surface area contributed by atoms with Crippen LogP contribution in [0.5, 0.6) is 0 Å². The molecule has 0 unspecified atom stereocenters. The molecule has 0 heterocycles. The zero-order valence-corrected chi connectivity index (χ0v) is 16.5. The largest absolute Gasteiger partial charge is 0.199 e. The summed E-state index contributed by atoms with van der Waals surface area (Å²) >= 11 is 0. The van der Waals surface area contributed by atoms with E-state index in [1.807, 2.05) is 0 Å². The molecule has 0 N–H and O–H groups in total. The molecule has 1 aromatic rings. The Morgan fingerprint density at radius 2 is 1.59 bits per heavy atom. The molecule has 0 radical (unpaired) electrons. The van der Waals surface area contributed by atoms with Crippen LogP contribution >= 0.6 is 0 Å². The average Bonchev–Trinajstić information content (AvgIpc) is 2.74. The number of nitriles is 1. The van der Waals surface area contributed by atoms with Gasteiger partial charge in [0.05, 0.1) is 0 Å². The molecular weight excluding hydrogens is 333 g/mol. The lowest BCUT2D eigenvalue weighted by atomic mass is 9.68. The van der Waals surface area contributed by atoms with Gasteiger partial charge in [0.2, 0.25) is 0 Å². The van der Waals surface area contributed by atoms with Crippen LogP contribution in [-0.2, 0) is 6.42 Å². The highest BCUT2D eigenvalue weighted by Crippen LogP contribution is 2.44. The van der Waals surface area contributed by atoms with Gasteiger partial charge in [0, 0.05) is 0 Å². The first-order valence-electron chi connectivity index (χ1n) is 10.7. The highest BCUT2D eigenvalue weighted by atomic mass is 19.1. The van der Waals surface area contributed by atoms with E-state index in [-0.39, 0.29) is 0 Å². The molecule has 0 aromatic heterocycles. The van der Waals surface area contributed by atoms with Crippen molar-refractivity contribution in [1.29, 1.82) is 5.26 Å². The third-order valence-electron chi connectivity index (χ3n) is 6.85. The van der Waals surface area contributed by atoms with Crippen LogP contribution in [0.4, 0.5) is 4.39 Å². The lowest BCUT2D eigenvalue weighted by Crippen LogP contribution is -2.25. The maximum Gasteiger partial charge on any atom is 0.199 e. The van der Waals surface area contributed by atoms with Crippen molar-refractivity contribution in [2.24, 2.45) is 17.8 Å². The molecule has 2 saturated carbocycles. The van der Waals surface area contributed by atoms with Gasteiger partial charge in [-0.15, -0.1) is 0 Å². The molecule has 144 valence electrons. The van der Waals surface area contributed by atoms with Crippen LogP contribution in [0.1, 0.15) is 75.3 Å². The minimum absolute atomic E-state index is 0.553. The number of benzene rings is 1. The Bertz CT molecular complexity index is 678. The van der Waals surface area contributed by atoms with Crippen LogP contribution in [0.15, 0.2) is 48.3 Å². The number of nitrogens with zero attached hydrogens (tertiary/aromatic N) is 1. The standard InChI is InChI=1S/C25H32FN/c1-2-19-6-10-21(11-7-19)23-14-16-24(17-15-23)22-12-8-20(9-13-22)4-3-5-25(26)18-27/h3-7,10-11,20,22-24H,2,8-9,12-17H2,1H3/b4-3+,25-5-/t20?,22?,23-,24-. The smallest absolute Gasteiger partial charge is 0.195 e. The third kappa shape index (κ3) is 5.55. The van der Waals surface area contributed by atoms with Crippen molar-refractivity contribution >= 4 is 0 Å². The molecule has 2 heteroatoms. The molecule has 1 aromatic carbocycles. The molecule has 1 nitrogen and oxygen atoms in total. The van der Waals surface area contributed by atoms with Gasteiger partial charge in [0.15, 0.2) is 5.83 Å². The zero-order valence-electron chi connectivity index (χ0n) is 16.5. The van der Waals surface area contributed by atoms with Crippen molar-refractivity contribution in [3.05, 3.63) is 59.4 Å². The quantitative estimate of drug-likeness (QED) is 0.398. The fourth-order valence-corrected chi connectivity index (χ4v) is 5.09. The van der Waals surface area contributed by atoms with Gasteiger partial charge in [-0.05, 0) is 98.7 Å². The van der Waals surface area contributed by atoms with Crippen LogP contribution in [-0.4, -0.2) is 0 Å². The molecule has 2 aliphatic rings. The second kappa shape index (κ2) is 9.88.